The Labute approximate surface area is 187 Å². The Morgan fingerprint density at radius 1 is 0.781 bits per heavy atom. The van der Waals surface area contributed by atoms with Gasteiger partial charge in [0.05, 0.1) is 26.5 Å². The van der Waals surface area contributed by atoms with Crippen molar-refractivity contribution in [1.29, 1.82) is 0 Å². The summed E-state index contributed by atoms with van der Waals surface area (Å²) >= 11 is 0. The van der Waals surface area contributed by atoms with Crippen molar-refractivity contribution < 1.29 is 19.1 Å². The summed E-state index contributed by atoms with van der Waals surface area (Å²) in [6, 6.07) is 22.2. The summed E-state index contributed by atoms with van der Waals surface area (Å²) in [5, 5.41) is 8.74. The molecule has 0 spiro atoms. The van der Waals surface area contributed by atoms with Crippen molar-refractivity contribution in [2.24, 2.45) is 0 Å². The van der Waals surface area contributed by atoms with Crippen LogP contribution in [0.2, 0.25) is 0 Å². The summed E-state index contributed by atoms with van der Waals surface area (Å²) in [5.41, 5.74) is 3.11. The molecule has 2 amide bonds. The second kappa shape index (κ2) is 11.4. The van der Waals surface area contributed by atoms with Gasteiger partial charge in [0.1, 0.15) is 11.5 Å². The van der Waals surface area contributed by atoms with Crippen LogP contribution in [0.3, 0.4) is 0 Å². The van der Waals surface area contributed by atoms with E-state index in [1.807, 2.05) is 30.3 Å². The van der Waals surface area contributed by atoms with Crippen LogP contribution in [0.5, 0.6) is 11.5 Å². The van der Waals surface area contributed by atoms with Gasteiger partial charge in [-0.2, -0.15) is 0 Å². The van der Waals surface area contributed by atoms with Crippen LogP contribution in [-0.2, 0) is 16.0 Å². The second-order valence-corrected chi connectivity index (χ2v) is 7.08. The smallest absolute Gasteiger partial charge is 0.243 e. The lowest BCUT2D eigenvalue weighted by Crippen LogP contribution is -2.22. The zero-order valence-electron chi connectivity index (χ0n) is 18.2. The lowest BCUT2D eigenvalue weighted by Gasteiger charge is -2.13. The van der Waals surface area contributed by atoms with Crippen LogP contribution in [-0.4, -0.2) is 32.6 Å². The standard InChI is InChI=1S/C25H27N3O4/c1-31-21-13-14-23(32-2)22(16-21)26-17-25(30)28-20-11-9-19(10-12-20)27-24(29)15-8-18-6-4-3-5-7-18/h3-7,9-14,16,26H,8,15,17H2,1-2H3,(H,27,29)(H,28,30). The number of aryl methyl sites for hydroxylation is 1. The highest BCUT2D eigenvalue weighted by atomic mass is 16.5. The van der Waals surface area contributed by atoms with Gasteiger partial charge in [0.2, 0.25) is 11.8 Å². The molecule has 0 aliphatic carbocycles. The van der Waals surface area contributed by atoms with E-state index in [0.29, 0.717) is 41.4 Å². The van der Waals surface area contributed by atoms with Crippen LogP contribution in [0.1, 0.15) is 12.0 Å². The molecule has 0 unspecified atom stereocenters. The van der Waals surface area contributed by atoms with Crippen LogP contribution in [0.15, 0.2) is 72.8 Å². The molecule has 0 radical (unpaired) electrons. The molecule has 7 heteroatoms. The van der Waals surface area contributed by atoms with Gasteiger partial charge in [-0.25, -0.2) is 0 Å². The van der Waals surface area contributed by atoms with Gasteiger partial charge in [0, 0.05) is 23.9 Å². The number of amides is 2. The third-order valence-electron chi connectivity index (χ3n) is 4.78. The van der Waals surface area contributed by atoms with Crippen molar-refractivity contribution >= 4 is 28.9 Å². The van der Waals surface area contributed by atoms with E-state index in [-0.39, 0.29) is 18.4 Å². The number of hydrogen-bond donors (Lipinski definition) is 3. The van der Waals surface area contributed by atoms with Gasteiger partial charge < -0.3 is 25.4 Å². The van der Waals surface area contributed by atoms with Gasteiger partial charge in [-0.15, -0.1) is 0 Å². The average molecular weight is 434 g/mol. The average Bonchev–Trinajstić information content (AvgIpc) is 2.83. The highest BCUT2D eigenvalue weighted by Crippen LogP contribution is 2.28. The fraction of sp³-hybridized carbons (Fsp3) is 0.200. The number of methoxy groups -OCH3 is 2. The third-order valence-corrected chi connectivity index (χ3v) is 4.78. The minimum Gasteiger partial charge on any atom is -0.497 e. The molecule has 3 N–H and O–H groups in total. The molecule has 0 atom stereocenters. The maximum Gasteiger partial charge on any atom is 0.243 e. The van der Waals surface area contributed by atoms with Gasteiger partial charge in [0.25, 0.3) is 0 Å². The van der Waals surface area contributed by atoms with Crippen molar-refractivity contribution in [2.75, 3.05) is 36.7 Å². The van der Waals surface area contributed by atoms with Gasteiger partial charge in [-0.1, -0.05) is 30.3 Å². The van der Waals surface area contributed by atoms with E-state index in [0.717, 1.165) is 5.56 Å². The Hall–Kier alpha value is -4.00. The van der Waals surface area contributed by atoms with Crippen molar-refractivity contribution in [3.05, 3.63) is 78.4 Å². The Morgan fingerprint density at radius 2 is 1.44 bits per heavy atom. The van der Waals surface area contributed by atoms with Crippen molar-refractivity contribution in [2.45, 2.75) is 12.8 Å². The van der Waals surface area contributed by atoms with Gasteiger partial charge in [-0.05, 0) is 48.4 Å². The number of rotatable bonds is 10. The van der Waals surface area contributed by atoms with Crippen molar-refractivity contribution in [3.63, 3.8) is 0 Å². The minimum atomic E-state index is -0.213. The van der Waals surface area contributed by atoms with Crippen molar-refractivity contribution in [3.8, 4) is 11.5 Å². The highest BCUT2D eigenvalue weighted by molar-refractivity contribution is 5.95. The molecule has 0 saturated heterocycles. The Bertz CT molecular complexity index is 1040. The SMILES string of the molecule is COc1ccc(OC)c(NCC(=O)Nc2ccc(NC(=O)CCc3ccccc3)cc2)c1. The molecule has 3 rings (SSSR count). The second-order valence-electron chi connectivity index (χ2n) is 7.08. The van der Waals surface area contributed by atoms with Crippen LogP contribution in [0.4, 0.5) is 17.1 Å². The van der Waals surface area contributed by atoms with E-state index in [1.165, 1.54) is 0 Å². The molecule has 0 heterocycles. The molecular weight excluding hydrogens is 406 g/mol. The summed E-state index contributed by atoms with van der Waals surface area (Å²) in [6.07, 6.45) is 1.09. The lowest BCUT2D eigenvalue weighted by atomic mass is 10.1. The van der Waals surface area contributed by atoms with Crippen molar-refractivity contribution in [1.82, 2.24) is 0 Å². The van der Waals surface area contributed by atoms with Crippen LogP contribution in [0.25, 0.3) is 0 Å². The highest BCUT2D eigenvalue weighted by Gasteiger charge is 2.08. The van der Waals surface area contributed by atoms with E-state index in [2.05, 4.69) is 16.0 Å². The van der Waals surface area contributed by atoms with Gasteiger partial charge in [0.15, 0.2) is 0 Å². The summed E-state index contributed by atoms with van der Waals surface area (Å²) in [7, 11) is 3.14. The van der Waals surface area contributed by atoms with E-state index in [4.69, 9.17) is 9.47 Å². The number of anilines is 3. The first kappa shape index (κ1) is 22.7. The fourth-order valence-corrected chi connectivity index (χ4v) is 3.10. The number of hydrogen-bond acceptors (Lipinski definition) is 5. The Morgan fingerprint density at radius 3 is 2.06 bits per heavy atom. The summed E-state index contributed by atoms with van der Waals surface area (Å²) < 4.78 is 10.5. The predicted octanol–water partition coefficient (Wildman–Crippen LogP) is 4.33. The summed E-state index contributed by atoms with van der Waals surface area (Å²) in [6.45, 7) is 0.0570. The number of carbonyl (C=O) groups excluding carboxylic acids is 2. The predicted molar refractivity (Wildman–Crippen MR) is 127 cm³/mol. The monoisotopic (exact) mass is 433 g/mol. The largest absolute Gasteiger partial charge is 0.497 e. The molecule has 3 aromatic rings. The van der Waals surface area contributed by atoms with Gasteiger partial charge in [-0.3, -0.25) is 9.59 Å². The molecule has 3 aromatic carbocycles. The van der Waals surface area contributed by atoms with Crippen LogP contribution in [0, 0.1) is 0 Å². The quantitative estimate of drug-likeness (QED) is 0.443. The first-order valence-corrected chi connectivity index (χ1v) is 10.3. The fourth-order valence-electron chi connectivity index (χ4n) is 3.10. The molecule has 0 aliphatic rings. The lowest BCUT2D eigenvalue weighted by molar-refractivity contribution is -0.116. The van der Waals surface area contributed by atoms with E-state index in [9.17, 15) is 9.59 Å². The third kappa shape index (κ3) is 6.77. The molecule has 0 fully saturated rings. The van der Waals surface area contributed by atoms with E-state index >= 15 is 0 Å². The molecule has 0 aliphatic heterocycles. The first-order valence-electron chi connectivity index (χ1n) is 10.3. The maximum atomic E-state index is 12.3. The molecule has 166 valence electrons. The summed E-state index contributed by atoms with van der Waals surface area (Å²) in [4.78, 5) is 24.5. The van der Waals surface area contributed by atoms with E-state index in [1.54, 1.807) is 56.7 Å². The molecule has 0 aromatic heterocycles. The molecule has 0 saturated carbocycles. The number of carbonyl (C=O) groups is 2. The zero-order valence-corrected chi connectivity index (χ0v) is 18.2. The van der Waals surface area contributed by atoms with Gasteiger partial charge >= 0.3 is 0 Å². The number of ether oxygens (including phenoxy) is 2. The number of nitrogens with one attached hydrogen (secondary N) is 3. The summed E-state index contributed by atoms with van der Waals surface area (Å²) in [5.74, 6) is 1.01. The van der Waals surface area contributed by atoms with Crippen LogP contribution >= 0.6 is 0 Å². The minimum absolute atomic E-state index is 0.0536. The van der Waals surface area contributed by atoms with E-state index < -0.39 is 0 Å². The zero-order chi connectivity index (χ0) is 22.8. The molecule has 7 nitrogen and oxygen atoms in total. The first-order chi connectivity index (χ1) is 15.6. The molecule has 32 heavy (non-hydrogen) atoms. The number of benzene rings is 3. The maximum absolute atomic E-state index is 12.3. The topological polar surface area (TPSA) is 88.7 Å². The van der Waals surface area contributed by atoms with Crippen LogP contribution < -0.4 is 25.4 Å². The molecular formula is C25H27N3O4. The normalized spacial score (nSPS) is 10.2. The Balaban J connectivity index is 1.46. The Kier molecular flexibility index (Phi) is 8.09. The molecule has 0 bridgehead atoms.